The highest BCUT2D eigenvalue weighted by Gasteiger charge is 2.26. The molecule has 150 valence electrons. The van der Waals surface area contributed by atoms with Crippen LogP contribution in [0.2, 0.25) is 0 Å². The molecular formula is C19H23N3O6. The first-order valence-corrected chi connectivity index (χ1v) is 9.15. The van der Waals surface area contributed by atoms with Crippen LogP contribution < -0.4 is 15.0 Å². The SMILES string of the molecule is CN(CC(=O)NC1CC1)C(=O)COC(=O)CCN1C(=O)COc2ccccc21. The van der Waals surface area contributed by atoms with Gasteiger partial charge in [0, 0.05) is 19.6 Å². The van der Waals surface area contributed by atoms with Crippen LogP contribution in [0.15, 0.2) is 24.3 Å². The molecule has 1 aromatic rings. The van der Waals surface area contributed by atoms with Gasteiger partial charge < -0.3 is 24.6 Å². The van der Waals surface area contributed by atoms with E-state index >= 15 is 0 Å². The van der Waals surface area contributed by atoms with Crippen LogP contribution in [0, 0.1) is 0 Å². The molecule has 1 aliphatic carbocycles. The summed E-state index contributed by atoms with van der Waals surface area (Å²) >= 11 is 0. The molecule has 1 heterocycles. The maximum atomic E-state index is 12.1. The van der Waals surface area contributed by atoms with Gasteiger partial charge in [0.2, 0.25) is 5.91 Å². The number of likely N-dealkylation sites (N-methyl/N-ethyl adjacent to an activating group) is 1. The Bertz CT molecular complexity index is 777. The highest BCUT2D eigenvalue weighted by Crippen LogP contribution is 2.31. The smallest absolute Gasteiger partial charge is 0.308 e. The summed E-state index contributed by atoms with van der Waals surface area (Å²) in [7, 11) is 1.48. The molecule has 0 aromatic heterocycles. The Balaban J connectivity index is 1.41. The summed E-state index contributed by atoms with van der Waals surface area (Å²) in [5.74, 6) is -0.956. The van der Waals surface area contributed by atoms with E-state index in [9.17, 15) is 19.2 Å². The fourth-order valence-corrected chi connectivity index (χ4v) is 2.73. The van der Waals surface area contributed by atoms with E-state index in [-0.39, 0.29) is 44.0 Å². The van der Waals surface area contributed by atoms with Crippen molar-refractivity contribution in [3.8, 4) is 5.75 Å². The molecular weight excluding hydrogens is 366 g/mol. The van der Waals surface area contributed by atoms with Crippen molar-refractivity contribution in [2.45, 2.75) is 25.3 Å². The normalized spacial score (nSPS) is 15.3. The lowest BCUT2D eigenvalue weighted by atomic mass is 10.2. The van der Waals surface area contributed by atoms with Crippen LogP contribution in [0.1, 0.15) is 19.3 Å². The van der Waals surface area contributed by atoms with Gasteiger partial charge in [-0.3, -0.25) is 19.2 Å². The molecule has 9 heteroatoms. The lowest BCUT2D eigenvalue weighted by molar-refractivity contribution is -0.151. The Labute approximate surface area is 162 Å². The van der Waals surface area contributed by atoms with Crippen LogP contribution in [0.3, 0.4) is 0 Å². The minimum atomic E-state index is -0.596. The number of fused-ring (bicyclic) bond motifs is 1. The summed E-state index contributed by atoms with van der Waals surface area (Å²) in [6.45, 7) is -0.476. The zero-order valence-corrected chi connectivity index (χ0v) is 15.7. The molecule has 0 atom stereocenters. The van der Waals surface area contributed by atoms with Gasteiger partial charge in [-0.05, 0) is 25.0 Å². The van der Waals surface area contributed by atoms with Crippen LogP contribution in [-0.2, 0) is 23.9 Å². The van der Waals surface area contributed by atoms with E-state index in [4.69, 9.17) is 9.47 Å². The third-order valence-electron chi connectivity index (χ3n) is 4.45. The summed E-state index contributed by atoms with van der Waals surface area (Å²) in [6, 6.07) is 7.29. The second kappa shape index (κ2) is 8.73. The summed E-state index contributed by atoms with van der Waals surface area (Å²) < 4.78 is 10.3. The summed E-state index contributed by atoms with van der Waals surface area (Å²) in [6.07, 6.45) is 1.88. The zero-order valence-electron chi connectivity index (χ0n) is 15.7. The number of anilines is 1. The average Bonchev–Trinajstić information content (AvgIpc) is 3.48. The average molecular weight is 389 g/mol. The second-order valence-corrected chi connectivity index (χ2v) is 6.80. The summed E-state index contributed by atoms with van der Waals surface area (Å²) in [5, 5.41) is 2.79. The number of nitrogens with one attached hydrogen (secondary N) is 1. The third-order valence-corrected chi connectivity index (χ3v) is 4.45. The monoisotopic (exact) mass is 389 g/mol. The first kappa shape index (κ1) is 19.7. The third kappa shape index (κ3) is 5.21. The van der Waals surface area contributed by atoms with Crippen molar-refractivity contribution in [2.75, 3.05) is 38.3 Å². The standard InChI is InChI=1S/C19H23N3O6/c1-21(10-16(23)20-13-6-7-13)17(24)11-28-19(26)8-9-22-14-4-2-3-5-15(14)27-12-18(22)25/h2-5,13H,6-12H2,1H3,(H,20,23). The van der Waals surface area contributed by atoms with E-state index in [1.165, 1.54) is 16.8 Å². The number of benzene rings is 1. The van der Waals surface area contributed by atoms with Crippen LogP contribution in [0.5, 0.6) is 5.75 Å². The topological polar surface area (TPSA) is 105 Å². The van der Waals surface area contributed by atoms with Crippen LogP contribution in [-0.4, -0.2) is 68.0 Å². The van der Waals surface area contributed by atoms with Crippen molar-refractivity contribution in [3.63, 3.8) is 0 Å². The van der Waals surface area contributed by atoms with Crippen molar-refractivity contribution >= 4 is 29.4 Å². The maximum Gasteiger partial charge on any atom is 0.308 e. The van der Waals surface area contributed by atoms with Crippen LogP contribution in [0.4, 0.5) is 5.69 Å². The number of ether oxygens (including phenoxy) is 2. The van der Waals surface area contributed by atoms with E-state index in [0.29, 0.717) is 11.4 Å². The molecule has 0 unspecified atom stereocenters. The zero-order chi connectivity index (χ0) is 20.1. The van der Waals surface area contributed by atoms with Crippen LogP contribution >= 0.6 is 0 Å². The fourth-order valence-electron chi connectivity index (χ4n) is 2.73. The number of hydrogen-bond acceptors (Lipinski definition) is 6. The minimum Gasteiger partial charge on any atom is -0.482 e. The Morgan fingerprint density at radius 1 is 1.29 bits per heavy atom. The van der Waals surface area contributed by atoms with Gasteiger partial charge in [0.25, 0.3) is 11.8 Å². The van der Waals surface area contributed by atoms with E-state index in [1.54, 1.807) is 24.3 Å². The van der Waals surface area contributed by atoms with E-state index in [0.717, 1.165) is 12.8 Å². The molecule has 3 rings (SSSR count). The predicted molar refractivity (Wildman–Crippen MR) is 98.7 cm³/mol. The van der Waals surface area contributed by atoms with Gasteiger partial charge in [0.1, 0.15) is 5.75 Å². The molecule has 1 N–H and O–H groups in total. The number of para-hydroxylation sites is 2. The molecule has 28 heavy (non-hydrogen) atoms. The Morgan fingerprint density at radius 2 is 2.04 bits per heavy atom. The van der Waals surface area contributed by atoms with E-state index < -0.39 is 18.5 Å². The fraction of sp³-hybridized carbons (Fsp3) is 0.474. The van der Waals surface area contributed by atoms with Gasteiger partial charge in [0.05, 0.1) is 18.7 Å². The lowest BCUT2D eigenvalue weighted by Gasteiger charge is -2.29. The van der Waals surface area contributed by atoms with Gasteiger partial charge in [-0.15, -0.1) is 0 Å². The van der Waals surface area contributed by atoms with Crippen molar-refractivity contribution in [1.29, 1.82) is 0 Å². The Kier molecular flexibility index (Phi) is 6.13. The Hall–Kier alpha value is -3.10. The largest absolute Gasteiger partial charge is 0.482 e. The molecule has 0 saturated heterocycles. The Morgan fingerprint density at radius 3 is 2.79 bits per heavy atom. The van der Waals surface area contributed by atoms with Gasteiger partial charge in [-0.2, -0.15) is 0 Å². The van der Waals surface area contributed by atoms with Crippen molar-refractivity contribution in [1.82, 2.24) is 10.2 Å². The first-order valence-electron chi connectivity index (χ1n) is 9.15. The summed E-state index contributed by atoms with van der Waals surface area (Å²) in [5.41, 5.74) is 0.601. The molecule has 3 amide bonds. The number of carbonyl (C=O) groups excluding carboxylic acids is 4. The maximum absolute atomic E-state index is 12.1. The van der Waals surface area contributed by atoms with Crippen LogP contribution in [0.25, 0.3) is 0 Å². The summed E-state index contributed by atoms with van der Waals surface area (Å²) in [4.78, 5) is 50.4. The molecule has 1 fully saturated rings. The second-order valence-electron chi connectivity index (χ2n) is 6.80. The number of rotatable bonds is 8. The lowest BCUT2D eigenvalue weighted by Crippen LogP contribution is -2.41. The number of carbonyl (C=O) groups is 4. The number of esters is 1. The van der Waals surface area contributed by atoms with Crippen molar-refractivity contribution in [2.24, 2.45) is 0 Å². The van der Waals surface area contributed by atoms with E-state index in [2.05, 4.69) is 5.32 Å². The van der Waals surface area contributed by atoms with Gasteiger partial charge in [-0.1, -0.05) is 12.1 Å². The molecule has 9 nitrogen and oxygen atoms in total. The van der Waals surface area contributed by atoms with Gasteiger partial charge in [-0.25, -0.2) is 0 Å². The van der Waals surface area contributed by atoms with Gasteiger partial charge in [0.15, 0.2) is 13.2 Å². The quantitative estimate of drug-likeness (QED) is 0.632. The minimum absolute atomic E-state index is 0.0563. The highest BCUT2D eigenvalue weighted by molar-refractivity contribution is 5.98. The van der Waals surface area contributed by atoms with Gasteiger partial charge >= 0.3 is 5.97 Å². The molecule has 2 aliphatic rings. The predicted octanol–water partition coefficient (Wildman–Crippen LogP) is 0.0823. The number of nitrogens with zero attached hydrogens (tertiary/aromatic N) is 2. The molecule has 1 aliphatic heterocycles. The van der Waals surface area contributed by atoms with Crippen molar-refractivity contribution < 1.29 is 28.7 Å². The highest BCUT2D eigenvalue weighted by atomic mass is 16.5. The molecule has 1 aromatic carbocycles. The van der Waals surface area contributed by atoms with E-state index in [1.807, 2.05) is 0 Å². The number of amides is 3. The first-order chi connectivity index (χ1) is 13.4. The molecule has 0 spiro atoms. The number of hydrogen-bond donors (Lipinski definition) is 1. The molecule has 0 bridgehead atoms. The molecule has 0 radical (unpaired) electrons. The van der Waals surface area contributed by atoms with Crippen molar-refractivity contribution in [3.05, 3.63) is 24.3 Å². The molecule has 1 saturated carbocycles.